The van der Waals surface area contributed by atoms with Crippen molar-refractivity contribution in [1.82, 2.24) is 9.97 Å². The van der Waals surface area contributed by atoms with Crippen molar-refractivity contribution in [2.45, 2.75) is 13.3 Å². The molecule has 0 aliphatic heterocycles. The zero-order valence-corrected chi connectivity index (χ0v) is 10.9. The summed E-state index contributed by atoms with van der Waals surface area (Å²) >= 11 is 0. The zero-order chi connectivity index (χ0) is 13.0. The van der Waals surface area contributed by atoms with Crippen LogP contribution >= 0.6 is 0 Å². The predicted octanol–water partition coefficient (Wildman–Crippen LogP) is 2.16. The molecule has 5 nitrogen and oxygen atoms in total. The van der Waals surface area contributed by atoms with Crippen LogP contribution < -0.4 is 9.47 Å². The topological polar surface area (TPSA) is 56.4 Å². The maximum atomic E-state index is 5.31. The summed E-state index contributed by atoms with van der Waals surface area (Å²) in [5, 5.41) is 0. The molecule has 0 spiro atoms. The largest absolute Gasteiger partial charge is 0.493 e. The van der Waals surface area contributed by atoms with E-state index in [9.17, 15) is 0 Å². The molecule has 98 valence electrons. The standard InChI is InChI=1S/C13H18N2O3/c1-4-18-6-5-13-14-9-7-11(16-2)12(17-3)8-10(9)15-13/h7-8H,4-6H2,1-3H3,(H,14,15). The van der Waals surface area contributed by atoms with E-state index in [1.807, 2.05) is 19.1 Å². The maximum absolute atomic E-state index is 5.31. The second-order valence-electron chi connectivity index (χ2n) is 3.85. The number of nitrogens with one attached hydrogen (secondary N) is 1. The number of aromatic amines is 1. The van der Waals surface area contributed by atoms with Gasteiger partial charge in [0, 0.05) is 25.2 Å². The molecule has 18 heavy (non-hydrogen) atoms. The molecular weight excluding hydrogens is 232 g/mol. The normalized spacial score (nSPS) is 10.8. The van der Waals surface area contributed by atoms with Gasteiger partial charge in [-0.05, 0) is 6.92 Å². The molecule has 1 aromatic heterocycles. The third-order valence-electron chi connectivity index (χ3n) is 2.72. The van der Waals surface area contributed by atoms with Gasteiger partial charge in [-0.2, -0.15) is 0 Å². The van der Waals surface area contributed by atoms with E-state index >= 15 is 0 Å². The Balaban J connectivity index is 2.27. The molecule has 0 atom stereocenters. The lowest BCUT2D eigenvalue weighted by Crippen LogP contribution is -1.99. The average Bonchev–Trinajstić information content (AvgIpc) is 2.78. The number of fused-ring (bicyclic) bond motifs is 1. The van der Waals surface area contributed by atoms with Crippen LogP contribution in [-0.4, -0.2) is 37.4 Å². The molecule has 1 aromatic carbocycles. The quantitative estimate of drug-likeness (QED) is 0.798. The number of hydrogen-bond acceptors (Lipinski definition) is 4. The van der Waals surface area contributed by atoms with Crippen LogP contribution in [0.1, 0.15) is 12.7 Å². The minimum atomic E-state index is 0.671. The summed E-state index contributed by atoms with van der Waals surface area (Å²) in [6, 6.07) is 3.76. The van der Waals surface area contributed by atoms with Gasteiger partial charge < -0.3 is 19.2 Å². The van der Waals surface area contributed by atoms with Gasteiger partial charge in [-0.15, -0.1) is 0 Å². The number of ether oxygens (including phenoxy) is 3. The van der Waals surface area contributed by atoms with Crippen LogP contribution in [-0.2, 0) is 11.2 Å². The van der Waals surface area contributed by atoms with Gasteiger partial charge in [-0.1, -0.05) is 0 Å². The molecule has 2 aromatic rings. The molecule has 0 saturated heterocycles. The number of hydrogen-bond donors (Lipinski definition) is 1. The predicted molar refractivity (Wildman–Crippen MR) is 69.4 cm³/mol. The fraction of sp³-hybridized carbons (Fsp3) is 0.462. The summed E-state index contributed by atoms with van der Waals surface area (Å²) in [4.78, 5) is 7.75. The third kappa shape index (κ3) is 2.56. The molecule has 2 rings (SSSR count). The lowest BCUT2D eigenvalue weighted by molar-refractivity contribution is 0.149. The Kier molecular flexibility index (Phi) is 4.04. The molecule has 0 aliphatic carbocycles. The second kappa shape index (κ2) is 5.73. The minimum Gasteiger partial charge on any atom is -0.493 e. The van der Waals surface area contributed by atoms with E-state index in [4.69, 9.17) is 14.2 Å². The molecule has 0 radical (unpaired) electrons. The van der Waals surface area contributed by atoms with Crippen LogP contribution in [0.25, 0.3) is 11.0 Å². The summed E-state index contributed by atoms with van der Waals surface area (Å²) in [5.41, 5.74) is 1.82. The number of aromatic nitrogens is 2. The Morgan fingerprint density at radius 2 is 1.89 bits per heavy atom. The Hall–Kier alpha value is -1.75. The molecule has 0 saturated carbocycles. The van der Waals surface area contributed by atoms with Crippen molar-refractivity contribution in [3.63, 3.8) is 0 Å². The highest BCUT2D eigenvalue weighted by atomic mass is 16.5. The number of nitrogens with zero attached hydrogens (tertiary/aromatic N) is 1. The molecule has 1 heterocycles. The van der Waals surface area contributed by atoms with Crippen LogP contribution in [0.4, 0.5) is 0 Å². The van der Waals surface area contributed by atoms with E-state index in [-0.39, 0.29) is 0 Å². The van der Waals surface area contributed by atoms with Gasteiger partial charge in [0.15, 0.2) is 11.5 Å². The highest BCUT2D eigenvalue weighted by molar-refractivity contribution is 5.79. The maximum Gasteiger partial charge on any atom is 0.163 e. The van der Waals surface area contributed by atoms with Gasteiger partial charge >= 0.3 is 0 Å². The molecule has 1 N–H and O–H groups in total. The summed E-state index contributed by atoms with van der Waals surface area (Å²) in [6.07, 6.45) is 0.771. The van der Waals surface area contributed by atoms with Crippen molar-refractivity contribution in [3.05, 3.63) is 18.0 Å². The van der Waals surface area contributed by atoms with E-state index in [2.05, 4.69) is 9.97 Å². The van der Waals surface area contributed by atoms with Crippen LogP contribution in [0.2, 0.25) is 0 Å². The van der Waals surface area contributed by atoms with Gasteiger partial charge in [0.1, 0.15) is 5.82 Å². The first kappa shape index (κ1) is 12.7. The number of methoxy groups -OCH3 is 2. The van der Waals surface area contributed by atoms with E-state index in [1.54, 1.807) is 14.2 Å². The van der Waals surface area contributed by atoms with Crippen molar-refractivity contribution in [2.75, 3.05) is 27.4 Å². The molecule has 0 bridgehead atoms. The SMILES string of the molecule is CCOCCc1nc2cc(OC)c(OC)cc2[nH]1. The highest BCUT2D eigenvalue weighted by Crippen LogP contribution is 2.30. The van der Waals surface area contributed by atoms with Gasteiger partial charge in [0.25, 0.3) is 0 Å². The van der Waals surface area contributed by atoms with Crippen LogP contribution in [0.5, 0.6) is 11.5 Å². The molecule has 0 amide bonds. The van der Waals surface area contributed by atoms with Crippen molar-refractivity contribution >= 4 is 11.0 Å². The first-order valence-electron chi connectivity index (χ1n) is 5.96. The van der Waals surface area contributed by atoms with Crippen LogP contribution in [0.3, 0.4) is 0 Å². The minimum absolute atomic E-state index is 0.671. The third-order valence-corrected chi connectivity index (χ3v) is 2.72. The first-order chi connectivity index (χ1) is 8.78. The van der Waals surface area contributed by atoms with Crippen molar-refractivity contribution in [1.29, 1.82) is 0 Å². The van der Waals surface area contributed by atoms with E-state index in [0.29, 0.717) is 18.1 Å². The second-order valence-corrected chi connectivity index (χ2v) is 3.85. The van der Waals surface area contributed by atoms with Gasteiger partial charge in [0.2, 0.25) is 0 Å². The zero-order valence-electron chi connectivity index (χ0n) is 10.9. The monoisotopic (exact) mass is 250 g/mol. The molecular formula is C13H18N2O3. The Labute approximate surface area is 106 Å². The average molecular weight is 250 g/mol. The lowest BCUT2D eigenvalue weighted by Gasteiger charge is -2.06. The smallest absolute Gasteiger partial charge is 0.163 e. The van der Waals surface area contributed by atoms with E-state index in [1.165, 1.54) is 0 Å². The van der Waals surface area contributed by atoms with Gasteiger partial charge in [-0.3, -0.25) is 0 Å². The number of benzene rings is 1. The summed E-state index contributed by atoms with van der Waals surface area (Å²) in [7, 11) is 3.24. The summed E-state index contributed by atoms with van der Waals surface area (Å²) < 4.78 is 15.8. The van der Waals surface area contributed by atoms with Gasteiger partial charge in [0.05, 0.1) is 31.9 Å². The summed E-state index contributed by atoms with van der Waals surface area (Å²) in [5.74, 6) is 2.30. The van der Waals surface area contributed by atoms with Crippen LogP contribution in [0, 0.1) is 0 Å². The van der Waals surface area contributed by atoms with E-state index < -0.39 is 0 Å². The summed E-state index contributed by atoms with van der Waals surface area (Å²) in [6.45, 7) is 3.38. The molecule has 0 unspecified atom stereocenters. The Morgan fingerprint density at radius 1 is 1.17 bits per heavy atom. The Morgan fingerprint density at radius 3 is 2.56 bits per heavy atom. The number of H-pyrrole nitrogens is 1. The molecule has 0 aliphatic rings. The van der Waals surface area contributed by atoms with Gasteiger partial charge in [-0.25, -0.2) is 4.98 Å². The number of imidazole rings is 1. The number of rotatable bonds is 6. The Bertz CT molecular complexity index is 481. The molecule has 0 fully saturated rings. The highest BCUT2D eigenvalue weighted by Gasteiger charge is 2.09. The fourth-order valence-electron chi connectivity index (χ4n) is 1.82. The van der Waals surface area contributed by atoms with Crippen molar-refractivity contribution in [3.8, 4) is 11.5 Å². The van der Waals surface area contributed by atoms with Crippen molar-refractivity contribution < 1.29 is 14.2 Å². The first-order valence-corrected chi connectivity index (χ1v) is 5.96. The van der Waals surface area contributed by atoms with E-state index in [0.717, 1.165) is 29.9 Å². The molecule has 5 heteroatoms. The fourth-order valence-corrected chi connectivity index (χ4v) is 1.82. The van der Waals surface area contributed by atoms with Crippen molar-refractivity contribution in [2.24, 2.45) is 0 Å². The van der Waals surface area contributed by atoms with Crippen LogP contribution in [0.15, 0.2) is 12.1 Å². The lowest BCUT2D eigenvalue weighted by atomic mass is 10.3.